The summed E-state index contributed by atoms with van der Waals surface area (Å²) in [5.41, 5.74) is 0.437. The summed E-state index contributed by atoms with van der Waals surface area (Å²) < 4.78 is 0. The van der Waals surface area contributed by atoms with Crippen molar-refractivity contribution in [2.45, 2.75) is 19.4 Å². The summed E-state index contributed by atoms with van der Waals surface area (Å²) in [6, 6.07) is 5.28. The zero-order valence-electron chi connectivity index (χ0n) is 13.5. The van der Waals surface area contributed by atoms with Crippen LogP contribution in [0.4, 0.5) is 10.6 Å². The number of anilines is 1. The van der Waals surface area contributed by atoms with Crippen LogP contribution in [0.25, 0.3) is 0 Å². The van der Waals surface area contributed by atoms with Crippen LogP contribution in [-0.4, -0.2) is 45.0 Å². The van der Waals surface area contributed by atoms with Crippen LogP contribution < -0.4 is 4.90 Å². The molecular formula is C17H19N5O. The number of carbonyl (C=O) groups excluding carboxylic acids is 1. The number of pyridine rings is 1. The first kappa shape index (κ1) is 16.4. The van der Waals surface area contributed by atoms with Crippen LogP contribution in [0.5, 0.6) is 0 Å². The van der Waals surface area contributed by atoms with Gasteiger partial charge < -0.3 is 4.90 Å². The standard InChI is InChI=1S/C13H15N3O.C4H4N2/c1-5-10-7-6-8-14-11(10)16-9-13(2,3)15(4)12(16)17;1-2-5-4-6-3-1/h1,6-8H,9H2,2-4H3;1-4H. The van der Waals surface area contributed by atoms with Crippen molar-refractivity contribution in [1.82, 2.24) is 19.9 Å². The maximum atomic E-state index is 12.1. The van der Waals surface area contributed by atoms with Crippen molar-refractivity contribution in [2.24, 2.45) is 0 Å². The molecule has 1 saturated heterocycles. The summed E-state index contributed by atoms with van der Waals surface area (Å²) in [6.45, 7) is 4.63. The van der Waals surface area contributed by atoms with Crippen molar-refractivity contribution in [3.8, 4) is 12.3 Å². The zero-order valence-corrected chi connectivity index (χ0v) is 13.5. The Kier molecular flexibility index (Phi) is 4.91. The van der Waals surface area contributed by atoms with E-state index in [-0.39, 0.29) is 11.6 Å². The van der Waals surface area contributed by atoms with E-state index in [0.717, 1.165) is 0 Å². The molecule has 1 aliphatic rings. The van der Waals surface area contributed by atoms with Gasteiger partial charge in [-0.2, -0.15) is 0 Å². The molecule has 2 aromatic rings. The van der Waals surface area contributed by atoms with E-state index in [4.69, 9.17) is 6.42 Å². The van der Waals surface area contributed by atoms with Crippen LogP contribution in [0.15, 0.2) is 43.1 Å². The van der Waals surface area contributed by atoms with E-state index >= 15 is 0 Å². The van der Waals surface area contributed by atoms with Crippen molar-refractivity contribution >= 4 is 11.8 Å². The van der Waals surface area contributed by atoms with Crippen molar-refractivity contribution in [3.05, 3.63) is 48.7 Å². The molecule has 0 aromatic carbocycles. The van der Waals surface area contributed by atoms with Gasteiger partial charge in [-0.05, 0) is 32.0 Å². The first-order chi connectivity index (χ1) is 11.0. The summed E-state index contributed by atoms with van der Waals surface area (Å²) in [4.78, 5) is 27.0. The highest BCUT2D eigenvalue weighted by molar-refractivity contribution is 5.95. The minimum atomic E-state index is -0.208. The highest BCUT2D eigenvalue weighted by atomic mass is 16.2. The minimum Gasteiger partial charge on any atom is -0.320 e. The van der Waals surface area contributed by atoms with E-state index in [9.17, 15) is 4.79 Å². The maximum absolute atomic E-state index is 12.1. The van der Waals surface area contributed by atoms with Crippen molar-refractivity contribution in [3.63, 3.8) is 0 Å². The Hall–Kier alpha value is -2.94. The van der Waals surface area contributed by atoms with Crippen LogP contribution in [0.1, 0.15) is 19.4 Å². The van der Waals surface area contributed by atoms with E-state index in [2.05, 4.69) is 20.9 Å². The first-order valence-electron chi connectivity index (χ1n) is 7.14. The van der Waals surface area contributed by atoms with E-state index in [1.807, 2.05) is 13.8 Å². The number of hydrogen-bond donors (Lipinski definition) is 0. The van der Waals surface area contributed by atoms with E-state index < -0.39 is 0 Å². The third-order valence-electron chi connectivity index (χ3n) is 3.65. The molecule has 0 radical (unpaired) electrons. The lowest BCUT2D eigenvalue weighted by Gasteiger charge is -2.24. The maximum Gasteiger partial charge on any atom is 0.326 e. The summed E-state index contributed by atoms with van der Waals surface area (Å²) >= 11 is 0. The lowest BCUT2D eigenvalue weighted by Crippen LogP contribution is -2.38. The van der Waals surface area contributed by atoms with Gasteiger partial charge in [-0.15, -0.1) is 6.42 Å². The van der Waals surface area contributed by atoms with Crippen molar-refractivity contribution in [1.29, 1.82) is 0 Å². The fraction of sp³-hybridized carbons (Fsp3) is 0.294. The Morgan fingerprint density at radius 3 is 2.35 bits per heavy atom. The molecule has 118 valence electrons. The monoisotopic (exact) mass is 309 g/mol. The Bertz CT molecular complexity index is 682. The molecule has 0 aliphatic carbocycles. The van der Waals surface area contributed by atoms with Gasteiger partial charge in [0, 0.05) is 25.6 Å². The van der Waals surface area contributed by atoms with E-state index in [0.29, 0.717) is 17.9 Å². The highest BCUT2D eigenvalue weighted by Gasteiger charge is 2.42. The lowest BCUT2D eigenvalue weighted by molar-refractivity contribution is 0.198. The van der Waals surface area contributed by atoms with E-state index in [1.54, 1.807) is 53.6 Å². The molecule has 0 unspecified atom stereocenters. The van der Waals surface area contributed by atoms with Gasteiger partial charge >= 0.3 is 6.03 Å². The second-order valence-corrected chi connectivity index (χ2v) is 5.66. The number of urea groups is 1. The Morgan fingerprint density at radius 1 is 1.22 bits per heavy atom. The number of terminal acetylenes is 1. The molecule has 2 amide bonds. The predicted molar refractivity (Wildman–Crippen MR) is 88.8 cm³/mol. The molecule has 3 heterocycles. The second-order valence-electron chi connectivity index (χ2n) is 5.66. The number of hydrogen-bond acceptors (Lipinski definition) is 4. The summed E-state index contributed by atoms with van der Waals surface area (Å²) in [6.07, 6.45) is 11.9. The number of amides is 2. The number of carbonyl (C=O) groups is 1. The Labute approximate surface area is 136 Å². The average Bonchev–Trinajstić information content (AvgIpc) is 2.80. The molecule has 1 fully saturated rings. The molecule has 3 rings (SSSR count). The van der Waals surface area contributed by atoms with Crippen LogP contribution in [-0.2, 0) is 0 Å². The molecule has 0 atom stereocenters. The third kappa shape index (κ3) is 3.64. The fourth-order valence-electron chi connectivity index (χ4n) is 2.14. The number of likely N-dealkylation sites (N-methyl/N-ethyl adjacent to an activating group) is 1. The molecule has 0 spiro atoms. The average molecular weight is 309 g/mol. The molecule has 0 N–H and O–H groups in total. The molecular weight excluding hydrogens is 290 g/mol. The molecule has 6 nitrogen and oxygen atoms in total. The number of aromatic nitrogens is 3. The summed E-state index contributed by atoms with van der Waals surface area (Å²) in [5, 5.41) is 0. The lowest BCUT2D eigenvalue weighted by atomic mass is 10.1. The summed E-state index contributed by atoms with van der Waals surface area (Å²) in [5.74, 6) is 3.13. The highest BCUT2D eigenvalue weighted by Crippen LogP contribution is 2.29. The minimum absolute atomic E-state index is 0.0646. The van der Waals surface area contributed by atoms with Crippen molar-refractivity contribution < 1.29 is 4.79 Å². The molecule has 23 heavy (non-hydrogen) atoms. The van der Waals surface area contributed by atoms with Gasteiger partial charge in [0.05, 0.1) is 17.6 Å². The SMILES string of the molecule is C#Cc1cccnc1N1CC(C)(C)N(C)C1=O.c1cncnc1. The van der Waals surface area contributed by atoms with Crippen LogP contribution >= 0.6 is 0 Å². The fourth-order valence-corrected chi connectivity index (χ4v) is 2.14. The van der Waals surface area contributed by atoms with Gasteiger partial charge in [-0.1, -0.05) is 5.92 Å². The third-order valence-corrected chi connectivity index (χ3v) is 3.65. The zero-order chi connectivity index (χ0) is 16.9. The first-order valence-corrected chi connectivity index (χ1v) is 7.14. The Morgan fingerprint density at radius 2 is 1.91 bits per heavy atom. The van der Waals surface area contributed by atoms with Gasteiger partial charge in [0.1, 0.15) is 6.33 Å². The Balaban J connectivity index is 0.000000268. The van der Waals surface area contributed by atoms with Gasteiger partial charge in [0.25, 0.3) is 0 Å². The van der Waals surface area contributed by atoms with Crippen LogP contribution in [0, 0.1) is 12.3 Å². The number of nitrogens with zero attached hydrogens (tertiary/aromatic N) is 5. The van der Waals surface area contributed by atoms with Gasteiger partial charge in [0.2, 0.25) is 0 Å². The molecule has 0 saturated carbocycles. The quantitative estimate of drug-likeness (QED) is 0.758. The van der Waals surface area contributed by atoms with Crippen molar-refractivity contribution in [2.75, 3.05) is 18.5 Å². The van der Waals surface area contributed by atoms with Crippen LogP contribution in [0.3, 0.4) is 0 Å². The van der Waals surface area contributed by atoms with E-state index in [1.165, 1.54) is 6.33 Å². The largest absolute Gasteiger partial charge is 0.326 e. The van der Waals surface area contributed by atoms with Gasteiger partial charge in [0.15, 0.2) is 5.82 Å². The van der Waals surface area contributed by atoms with Crippen LogP contribution in [0.2, 0.25) is 0 Å². The molecule has 6 heteroatoms. The topological polar surface area (TPSA) is 62.2 Å². The molecule has 0 bridgehead atoms. The van der Waals surface area contributed by atoms with Gasteiger partial charge in [-0.25, -0.2) is 19.7 Å². The van der Waals surface area contributed by atoms with Gasteiger partial charge in [-0.3, -0.25) is 4.90 Å². The summed E-state index contributed by atoms with van der Waals surface area (Å²) in [7, 11) is 1.79. The predicted octanol–water partition coefficient (Wildman–Crippen LogP) is 2.19. The normalized spacial score (nSPS) is 15.7. The number of rotatable bonds is 1. The second kappa shape index (κ2) is 6.88. The molecule has 1 aliphatic heterocycles. The smallest absolute Gasteiger partial charge is 0.320 e. The molecule has 2 aromatic heterocycles.